The lowest BCUT2D eigenvalue weighted by atomic mass is 9.99. The van der Waals surface area contributed by atoms with Crippen molar-refractivity contribution in [3.8, 4) is 5.75 Å². The molecule has 1 amide bonds. The number of cyclic esters (lactones) is 1. The van der Waals surface area contributed by atoms with Crippen LogP contribution in [0.1, 0.15) is 48.4 Å². The second-order valence-corrected chi connectivity index (χ2v) is 11.0. The third-order valence-corrected chi connectivity index (χ3v) is 7.50. The van der Waals surface area contributed by atoms with Crippen LogP contribution >= 0.6 is 11.6 Å². The molecule has 2 atom stereocenters. The van der Waals surface area contributed by atoms with Gasteiger partial charge in [-0.15, -0.1) is 0 Å². The van der Waals surface area contributed by atoms with Crippen molar-refractivity contribution in [1.82, 2.24) is 25.1 Å². The standard InChI is InChI=1S/C19H20ClFN6O3.C7H8O3S/c1-4-29-16-10(5-11(20)15(21)14(16)12-6-23-19(28)30-12)9(3)27-18-13(8(2)26-27)17(22)24-7-25-18;1-6-2-4-7(5-3-6)11(8,9)10/h5,7,9,12H,4,6H2,1-3H3,(H,23,28)(H2,22,24,25);2-5H,1H3,(H,8,9,10)/t9?,12-;/m0./s1. The van der Waals surface area contributed by atoms with Crippen molar-refractivity contribution in [2.24, 2.45) is 0 Å². The minimum atomic E-state index is -4.02. The van der Waals surface area contributed by atoms with Crippen molar-refractivity contribution in [1.29, 1.82) is 0 Å². The minimum absolute atomic E-state index is 0.0666. The number of rotatable bonds is 6. The van der Waals surface area contributed by atoms with Crippen molar-refractivity contribution in [2.75, 3.05) is 18.9 Å². The molecule has 0 bridgehead atoms. The maximum Gasteiger partial charge on any atom is 0.407 e. The summed E-state index contributed by atoms with van der Waals surface area (Å²) < 4.78 is 57.3. The Morgan fingerprint density at radius 3 is 2.56 bits per heavy atom. The van der Waals surface area contributed by atoms with E-state index in [4.69, 9.17) is 31.4 Å². The normalized spacial score (nSPS) is 15.6. The van der Waals surface area contributed by atoms with Crippen LogP contribution in [0.25, 0.3) is 11.0 Å². The number of hydrogen-bond acceptors (Lipinski definition) is 9. The molecule has 5 rings (SSSR count). The molecule has 1 fully saturated rings. The van der Waals surface area contributed by atoms with E-state index in [2.05, 4.69) is 20.4 Å². The Labute approximate surface area is 240 Å². The fraction of sp³-hybridized carbons (Fsp3) is 0.308. The third-order valence-electron chi connectivity index (χ3n) is 6.36. The topological polar surface area (TPSA) is 172 Å². The fourth-order valence-electron chi connectivity index (χ4n) is 4.38. The smallest absolute Gasteiger partial charge is 0.407 e. The second kappa shape index (κ2) is 11.8. The molecular weight excluding hydrogens is 579 g/mol. The Balaban J connectivity index is 0.000000296. The predicted octanol–water partition coefficient (Wildman–Crippen LogP) is 4.54. The average molecular weight is 607 g/mol. The van der Waals surface area contributed by atoms with E-state index in [0.29, 0.717) is 28.1 Å². The number of ether oxygens (including phenoxy) is 2. The first-order valence-corrected chi connectivity index (χ1v) is 14.2. The zero-order chi connectivity index (χ0) is 30.1. The van der Waals surface area contributed by atoms with Crippen LogP contribution in [-0.4, -0.2) is 52.0 Å². The number of aryl methyl sites for hydroxylation is 2. The minimum Gasteiger partial charge on any atom is -0.493 e. The Kier molecular flexibility index (Phi) is 8.66. The molecule has 12 nitrogen and oxygen atoms in total. The summed E-state index contributed by atoms with van der Waals surface area (Å²) in [6, 6.07) is 7.04. The van der Waals surface area contributed by atoms with Crippen LogP contribution in [-0.2, 0) is 14.9 Å². The number of aromatic nitrogens is 4. The fourth-order valence-corrected chi connectivity index (χ4v) is 5.08. The van der Waals surface area contributed by atoms with Crippen molar-refractivity contribution in [2.45, 2.75) is 44.7 Å². The highest BCUT2D eigenvalue weighted by Crippen LogP contribution is 2.42. The maximum atomic E-state index is 15.0. The summed E-state index contributed by atoms with van der Waals surface area (Å²) in [5.74, 6) is -0.106. The molecule has 2 aromatic heterocycles. The van der Waals surface area contributed by atoms with Gasteiger partial charge in [0.15, 0.2) is 17.6 Å². The van der Waals surface area contributed by atoms with Gasteiger partial charge >= 0.3 is 6.09 Å². The first-order valence-electron chi connectivity index (χ1n) is 12.4. The third kappa shape index (κ3) is 6.19. The summed E-state index contributed by atoms with van der Waals surface area (Å²) in [5.41, 5.74) is 8.81. The van der Waals surface area contributed by atoms with Gasteiger partial charge in [0.1, 0.15) is 17.9 Å². The Morgan fingerprint density at radius 1 is 1.29 bits per heavy atom. The number of fused-ring (bicyclic) bond motifs is 1. The largest absolute Gasteiger partial charge is 0.493 e. The highest BCUT2D eigenvalue weighted by Gasteiger charge is 2.34. The molecule has 1 aliphatic heterocycles. The van der Waals surface area contributed by atoms with E-state index in [1.165, 1.54) is 24.5 Å². The lowest BCUT2D eigenvalue weighted by molar-refractivity contribution is 0.137. The lowest BCUT2D eigenvalue weighted by Gasteiger charge is -2.23. The van der Waals surface area contributed by atoms with Gasteiger partial charge in [-0.3, -0.25) is 4.55 Å². The molecule has 0 aliphatic carbocycles. The quantitative estimate of drug-likeness (QED) is 0.265. The van der Waals surface area contributed by atoms with E-state index < -0.39 is 34.2 Å². The van der Waals surface area contributed by atoms with Crippen LogP contribution in [0.2, 0.25) is 5.02 Å². The second-order valence-electron chi connectivity index (χ2n) is 9.16. The molecule has 15 heteroatoms. The van der Waals surface area contributed by atoms with Crippen molar-refractivity contribution in [3.63, 3.8) is 0 Å². The number of carbonyl (C=O) groups excluding carboxylic acids is 1. The van der Waals surface area contributed by atoms with Crippen LogP contribution in [0.4, 0.5) is 15.0 Å². The van der Waals surface area contributed by atoms with E-state index in [9.17, 15) is 13.2 Å². The number of benzene rings is 2. The Bertz CT molecular complexity index is 1710. The SMILES string of the molecule is CCOc1c(C(C)n2nc(C)c3c(N)ncnc32)cc(Cl)c(F)c1[C@@H]1CNC(=O)O1.Cc1ccc(S(=O)(=O)O)cc1. The number of hydrogen-bond donors (Lipinski definition) is 3. The first kappa shape index (κ1) is 30.0. The molecule has 4 aromatic rings. The van der Waals surface area contributed by atoms with Crippen LogP contribution in [0, 0.1) is 19.7 Å². The zero-order valence-corrected chi connectivity index (χ0v) is 24.1. The number of amides is 1. The molecule has 4 N–H and O–H groups in total. The summed E-state index contributed by atoms with van der Waals surface area (Å²) in [6.45, 7) is 7.67. The van der Waals surface area contributed by atoms with E-state index in [0.717, 1.165) is 5.56 Å². The highest BCUT2D eigenvalue weighted by atomic mass is 35.5. The number of alkyl carbamates (subject to hydrolysis) is 1. The molecule has 1 aliphatic rings. The van der Waals surface area contributed by atoms with Gasteiger partial charge in [-0.2, -0.15) is 13.5 Å². The van der Waals surface area contributed by atoms with E-state index >= 15 is 4.39 Å². The molecule has 0 saturated carbocycles. The molecule has 3 heterocycles. The molecule has 2 aromatic carbocycles. The molecule has 41 heavy (non-hydrogen) atoms. The first-order chi connectivity index (χ1) is 19.3. The van der Waals surface area contributed by atoms with Gasteiger partial charge in [0.05, 0.1) is 45.8 Å². The summed E-state index contributed by atoms with van der Waals surface area (Å²) >= 11 is 6.22. The van der Waals surface area contributed by atoms with Gasteiger partial charge in [-0.1, -0.05) is 29.3 Å². The molecule has 1 saturated heterocycles. The van der Waals surface area contributed by atoms with Gasteiger partial charge in [0.25, 0.3) is 10.1 Å². The van der Waals surface area contributed by atoms with Crippen LogP contribution in [0.15, 0.2) is 41.6 Å². The van der Waals surface area contributed by atoms with Gasteiger partial charge in [0, 0.05) is 5.56 Å². The number of nitrogen functional groups attached to an aromatic ring is 1. The highest BCUT2D eigenvalue weighted by molar-refractivity contribution is 7.85. The Hall–Kier alpha value is -4.01. The summed E-state index contributed by atoms with van der Waals surface area (Å²) in [6.07, 6.45) is -0.131. The number of nitrogens with one attached hydrogen (secondary N) is 1. The molecular formula is C26H28ClFN6O6S. The van der Waals surface area contributed by atoms with Crippen molar-refractivity contribution < 1.29 is 31.6 Å². The summed E-state index contributed by atoms with van der Waals surface area (Å²) in [7, 11) is -4.02. The van der Waals surface area contributed by atoms with E-state index in [1.54, 1.807) is 30.7 Å². The lowest BCUT2D eigenvalue weighted by Crippen LogP contribution is -2.16. The number of halogens is 2. The monoisotopic (exact) mass is 606 g/mol. The van der Waals surface area contributed by atoms with Gasteiger partial charge < -0.3 is 20.5 Å². The predicted molar refractivity (Wildman–Crippen MR) is 149 cm³/mol. The zero-order valence-electron chi connectivity index (χ0n) is 22.6. The molecule has 218 valence electrons. The molecule has 0 spiro atoms. The van der Waals surface area contributed by atoms with Gasteiger partial charge in [-0.05, 0) is 45.9 Å². The average Bonchev–Trinajstić information content (AvgIpc) is 3.49. The van der Waals surface area contributed by atoms with Crippen LogP contribution < -0.4 is 15.8 Å². The summed E-state index contributed by atoms with van der Waals surface area (Å²) in [4.78, 5) is 19.8. The number of nitrogens with two attached hydrogens (primary N) is 1. The number of anilines is 1. The molecule has 0 radical (unpaired) electrons. The van der Waals surface area contributed by atoms with Crippen molar-refractivity contribution >= 4 is 44.7 Å². The van der Waals surface area contributed by atoms with Gasteiger partial charge in [0.2, 0.25) is 0 Å². The van der Waals surface area contributed by atoms with Gasteiger partial charge in [-0.25, -0.2) is 23.8 Å². The molecule has 1 unspecified atom stereocenters. The van der Waals surface area contributed by atoms with E-state index in [1.807, 2.05) is 13.8 Å². The Morgan fingerprint density at radius 2 is 1.98 bits per heavy atom. The van der Waals surface area contributed by atoms with Crippen molar-refractivity contribution in [3.05, 3.63) is 69.9 Å². The number of nitrogens with zero attached hydrogens (tertiary/aromatic N) is 4. The number of carbonyl (C=O) groups is 1. The van der Waals surface area contributed by atoms with Crippen LogP contribution in [0.3, 0.4) is 0 Å². The van der Waals surface area contributed by atoms with Crippen LogP contribution in [0.5, 0.6) is 5.75 Å². The summed E-state index contributed by atoms with van der Waals surface area (Å²) in [5, 5.41) is 7.62. The maximum absolute atomic E-state index is 15.0. The van der Waals surface area contributed by atoms with E-state index in [-0.39, 0.29) is 34.4 Å².